The molecule has 2 aliphatic rings. The first-order valence-corrected chi connectivity index (χ1v) is 8.88. The van der Waals surface area contributed by atoms with Crippen molar-refractivity contribution in [3.63, 3.8) is 0 Å². The maximum atomic E-state index is 6.14. The molecule has 0 fully saturated rings. The molecule has 0 radical (unpaired) electrons. The van der Waals surface area contributed by atoms with E-state index in [0.717, 1.165) is 42.3 Å². The Hall–Kier alpha value is -2.55. The lowest BCUT2D eigenvalue weighted by Crippen LogP contribution is -2.29. The molecule has 0 unspecified atom stereocenters. The molecule has 1 aromatic rings. The summed E-state index contributed by atoms with van der Waals surface area (Å²) in [6.07, 6.45) is 0.854. The van der Waals surface area contributed by atoms with Gasteiger partial charge in [0.05, 0.1) is 13.2 Å². The van der Waals surface area contributed by atoms with Gasteiger partial charge in [0.1, 0.15) is 30.4 Å². The Labute approximate surface area is 149 Å². The van der Waals surface area contributed by atoms with E-state index < -0.39 is 0 Å². The number of hydrogen-bond donors (Lipinski definition) is 0. The summed E-state index contributed by atoms with van der Waals surface area (Å²) in [4.78, 5) is 0. The van der Waals surface area contributed by atoms with Crippen LogP contribution >= 0.6 is 0 Å². The minimum atomic E-state index is 0.854. The molecular weight excluding hydrogens is 310 g/mol. The number of hydrogen-bond acceptors (Lipinski definition) is 2. The number of methoxy groups -OCH3 is 1. The molecular formula is C22H26NO2+. The Morgan fingerprint density at radius 3 is 2.32 bits per heavy atom. The van der Waals surface area contributed by atoms with Gasteiger partial charge >= 0.3 is 0 Å². The average molecular weight is 336 g/mol. The fourth-order valence-corrected chi connectivity index (χ4v) is 3.17. The first kappa shape index (κ1) is 17.3. The van der Waals surface area contributed by atoms with Crippen LogP contribution in [-0.2, 0) is 6.42 Å². The van der Waals surface area contributed by atoms with Crippen LogP contribution in [0, 0.1) is 6.92 Å². The molecule has 25 heavy (non-hydrogen) atoms. The van der Waals surface area contributed by atoms with Crippen LogP contribution in [0.15, 0.2) is 52.9 Å². The zero-order chi connectivity index (χ0) is 17.8. The van der Waals surface area contributed by atoms with Gasteiger partial charge in [-0.15, -0.1) is 0 Å². The highest BCUT2D eigenvalue weighted by Gasteiger charge is 2.12. The summed E-state index contributed by atoms with van der Waals surface area (Å²) in [5.74, 6) is 2.80. The van der Waals surface area contributed by atoms with Crippen LogP contribution in [-0.4, -0.2) is 20.2 Å². The van der Waals surface area contributed by atoms with Gasteiger partial charge < -0.3 is 9.15 Å². The molecule has 130 valence electrons. The fraction of sp³-hybridized carbons (Fsp3) is 0.318. The van der Waals surface area contributed by atoms with Crippen molar-refractivity contribution in [3.8, 4) is 17.1 Å². The predicted molar refractivity (Wildman–Crippen MR) is 102 cm³/mol. The third kappa shape index (κ3) is 3.76. The predicted octanol–water partition coefficient (Wildman–Crippen LogP) is 4.10. The van der Waals surface area contributed by atoms with Crippen LogP contribution in [0.25, 0.3) is 11.3 Å². The van der Waals surface area contributed by atoms with E-state index in [0.29, 0.717) is 0 Å². The van der Waals surface area contributed by atoms with Crippen molar-refractivity contribution in [3.05, 3.63) is 70.8 Å². The van der Waals surface area contributed by atoms with Gasteiger partial charge in [0.2, 0.25) is 5.36 Å². The minimum Gasteiger partial charge on any atom is -0.497 e. The van der Waals surface area contributed by atoms with E-state index in [2.05, 4.69) is 54.8 Å². The summed E-state index contributed by atoms with van der Waals surface area (Å²) in [6.45, 7) is 8.39. The van der Waals surface area contributed by atoms with E-state index in [9.17, 15) is 0 Å². The largest absolute Gasteiger partial charge is 0.497 e. The fourth-order valence-electron chi connectivity index (χ4n) is 3.17. The number of nitrogens with zero attached hydrogens (tertiary/aromatic N) is 1. The third-order valence-corrected chi connectivity index (χ3v) is 4.72. The van der Waals surface area contributed by atoms with Crippen molar-refractivity contribution in [2.24, 2.45) is 0 Å². The zero-order valence-electron chi connectivity index (χ0n) is 15.5. The Morgan fingerprint density at radius 1 is 0.960 bits per heavy atom. The van der Waals surface area contributed by atoms with Crippen molar-refractivity contribution in [1.29, 1.82) is 0 Å². The molecule has 0 amide bonds. The topological polar surface area (TPSA) is 25.4 Å². The van der Waals surface area contributed by atoms with Crippen molar-refractivity contribution < 1.29 is 9.15 Å². The molecule has 1 heterocycles. The Balaban J connectivity index is 1.98. The van der Waals surface area contributed by atoms with E-state index in [-0.39, 0.29) is 0 Å². The molecule has 0 spiro atoms. The highest BCUT2D eigenvalue weighted by molar-refractivity contribution is 5.60. The summed E-state index contributed by atoms with van der Waals surface area (Å²) in [7, 11) is 1.69. The highest BCUT2D eigenvalue weighted by Crippen LogP contribution is 2.26. The molecule has 1 aromatic carbocycles. The van der Waals surface area contributed by atoms with Gasteiger partial charge in [-0.3, -0.25) is 0 Å². The maximum absolute atomic E-state index is 6.14. The number of aryl methyl sites for hydroxylation is 1. The minimum absolute atomic E-state index is 0.854. The van der Waals surface area contributed by atoms with Crippen molar-refractivity contribution in [2.45, 2.75) is 27.2 Å². The van der Waals surface area contributed by atoms with Gasteiger partial charge in [-0.2, -0.15) is 0 Å². The van der Waals surface area contributed by atoms with E-state index in [4.69, 9.17) is 9.15 Å². The molecule has 3 nitrogen and oxygen atoms in total. The molecule has 3 heteroatoms. The molecule has 0 saturated carbocycles. The van der Waals surface area contributed by atoms with Crippen molar-refractivity contribution in [1.82, 2.24) is 4.58 Å². The summed E-state index contributed by atoms with van der Waals surface area (Å²) >= 11 is 0. The van der Waals surface area contributed by atoms with Crippen molar-refractivity contribution in [2.75, 3.05) is 20.2 Å². The SMILES string of the molecule is CC[N+](CC)=c1ccc2cc(Cc3ccc(OC)cc3)c(C)oc-2c1. The second kappa shape index (κ2) is 7.56. The number of rotatable bonds is 5. The monoisotopic (exact) mass is 336 g/mol. The Morgan fingerprint density at radius 2 is 1.68 bits per heavy atom. The summed E-state index contributed by atoms with van der Waals surface area (Å²) in [5.41, 5.74) is 3.61. The van der Waals surface area contributed by atoms with Crippen LogP contribution < -0.4 is 14.7 Å². The molecule has 0 atom stereocenters. The number of ether oxygens (including phenoxy) is 1. The van der Waals surface area contributed by atoms with E-state index in [1.54, 1.807) is 7.11 Å². The van der Waals surface area contributed by atoms with Gasteiger partial charge in [-0.1, -0.05) is 12.1 Å². The van der Waals surface area contributed by atoms with Crippen molar-refractivity contribution >= 4 is 0 Å². The molecule has 0 N–H and O–H groups in total. The van der Waals surface area contributed by atoms with E-state index >= 15 is 0 Å². The Kier molecular flexibility index (Phi) is 5.22. The maximum Gasteiger partial charge on any atom is 0.203 e. The molecule has 0 bridgehead atoms. The van der Waals surface area contributed by atoms with Crippen LogP contribution in [0.2, 0.25) is 0 Å². The normalized spacial score (nSPS) is 10.9. The summed E-state index contributed by atoms with van der Waals surface area (Å²) < 4.78 is 13.7. The van der Waals surface area contributed by atoms with E-state index in [1.165, 1.54) is 16.5 Å². The van der Waals surface area contributed by atoms with Crippen LogP contribution in [0.3, 0.4) is 0 Å². The second-order valence-corrected chi connectivity index (χ2v) is 6.25. The highest BCUT2D eigenvalue weighted by atomic mass is 16.5. The lowest BCUT2D eigenvalue weighted by molar-refractivity contribution is 0.414. The summed E-state index contributed by atoms with van der Waals surface area (Å²) in [6, 6.07) is 16.9. The lowest BCUT2D eigenvalue weighted by atomic mass is 10.0. The molecule has 0 saturated heterocycles. The van der Waals surface area contributed by atoms with Gasteiger partial charge in [0.25, 0.3) is 0 Å². The molecule has 1 aliphatic heterocycles. The molecule has 3 rings (SSSR count). The van der Waals surface area contributed by atoms with Crippen LogP contribution in [0.1, 0.15) is 30.7 Å². The molecule has 1 aliphatic carbocycles. The Bertz CT molecular complexity index is 885. The quantitative estimate of drug-likeness (QED) is 0.655. The zero-order valence-corrected chi connectivity index (χ0v) is 15.5. The standard InChI is InChI=1S/C22H26NO2/c1-5-23(6-2)20-10-9-18-14-19(16(3)25-22(18)15-20)13-17-7-11-21(24-4)12-8-17/h7-12,14-15H,5-6,13H2,1-4H3/q+1. The lowest BCUT2D eigenvalue weighted by Gasteiger charge is -2.11. The van der Waals surface area contributed by atoms with Gasteiger partial charge in [0, 0.05) is 18.1 Å². The van der Waals surface area contributed by atoms with Crippen LogP contribution in [0.4, 0.5) is 0 Å². The second-order valence-electron chi connectivity index (χ2n) is 6.25. The van der Waals surface area contributed by atoms with E-state index in [1.807, 2.05) is 19.1 Å². The van der Waals surface area contributed by atoms with Gasteiger partial charge in [0.15, 0.2) is 0 Å². The molecule has 0 aromatic heterocycles. The first-order valence-electron chi connectivity index (χ1n) is 8.88. The first-order chi connectivity index (χ1) is 12.1. The smallest absolute Gasteiger partial charge is 0.203 e. The third-order valence-electron chi connectivity index (χ3n) is 4.72. The van der Waals surface area contributed by atoms with Gasteiger partial charge in [-0.25, -0.2) is 4.58 Å². The van der Waals surface area contributed by atoms with Gasteiger partial charge in [-0.05, 0) is 56.2 Å². The van der Waals surface area contributed by atoms with Crippen LogP contribution in [0.5, 0.6) is 5.75 Å². The average Bonchev–Trinajstić information content (AvgIpc) is 2.64. The number of benzene rings is 2. The number of fused-ring (bicyclic) bond motifs is 1. The summed E-state index contributed by atoms with van der Waals surface area (Å²) in [5, 5.41) is 1.21.